The molecule has 0 spiro atoms. The Bertz CT molecular complexity index is 1090. The van der Waals surface area contributed by atoms with Crippen molar-refractivity contribution in [3.8, 4) is 0 Å². The number of rotatable bonds is 7. The van der Waals surface area contributed by atoms with E-state index in [-0.39, 0.29) is 23.0 Å². The maximum atomic E-state index is 13.4. The number of benzene rings is 2. The molecule has 7 heteroatoms. The second-order valence-corrected chi connectivity index (χ2v) is 7.77. The molecule has 0 bridgehead atoms. The number of aromatic nitrogens is 1. The van der Waals surface area contributed by atoms with Crippen LogP contribution >= 0.6 is 0 Å². The quantitative estimate of drug-likeness (QED) is 0.620. The summed E-state index contributed by atoms with van der Waals surface area (Å²) in [5.74, 6) is -0.723. The number of halogens is 1. The van der Waals surface area contributed by atoms with E-state index in [4.69, 9.17) is 4.74 Å². The average Bonchev–Trinajstić information content (AvgIpc) is 2.83. The highest BCUT2D eigenvalue weighted by atomic mass is 19.1. The van der Waals surface area contributed by atoms with Crippen LogP contribution < -0.4 is 10.9 Å². The minimum Gasteiger partial charge on any atom is -0.379 e. The van der Waals surface area contributed by atoms with Crippen LogP contribution in [0.15, 0.2) is 77.7 Å². The van der Waals surface area contributed by atoms with Crippen LogP contribution in [0.1, 0.15) is 27.5 Å². The van der Waals surface area contributed by atoms with Gasteiger partial charge in [0.15, 0.2) is 0 Å². The fourth-order valence-corrected chi connectivity index (χ4v) is 3.93. The molecule has 1 aromatic heterocycles. The van der Waals surface area contributed by atoms with Gasteiger partial charge in [-0.25, -0.2) is 4.39 Å². The molecule has 0 aliphatic carbocycles. The molecule has 1 fully saturated rings. The van der Waals surface area contributed by atoms with Crippen molar-refractivity contribution < 1.29 is 13.9 Å². The van der Waals surface area contributed by atoms with Gasteiger partial charge >= 0.3 is 0 Å². The molecule has 1 N–H and O–H groups in total. The van der Waals surface area contributed by atoms with Crippen LogP contribution in [-0.2, 0) is 11.3 Å². The lowest BCUT2D eigenvalue weighted by molar-refractivity contribution is 0.0162. The first-order chi connectivity index (χ1) is 15.6. The molecule has 4 rings (SSSR count). The molecule has 6 nitrogen and oxygen atoms in total. The van der Waals surface area contributed by atoms with Crippen LogP contribution in [0.5, 0.6) is 0 Å². The van der Waals surface area contributed by atoms with Crippen LogP contribution in [0.3, 0.4) is 0 Å². The highest BCUT2D eigenvalue weighted by molar-refractivity contribution is 5.93. The van der Waals surface area contributed by atoms with E-state index in [9.17, 15) is 14.0 Å². The van der Waals surface area contributed by atoms with E-state index in [1.54, 1.807) is 30.5 Å². The number of amides is 1. The summed E-state index contributed by atoms with van der Waals surface area (Å²) in [5, 5.41) is 2.91. The first kappa shape index (κ1) is 21.9. The number of hydrogen-bond donors (Lipinski definition) is 1. The summed E-state index contributed by atoms with van der Waals surface area (Å²) in [6.07, 6.45) is 1.68. The van der Waals surface area contributed by atoms with Gasteiger partial charge < -0.3 is 14.6 Å². The molecule has 1 aliphatic rings. The summed E-state index contributed by atoms with van der Waals surface area (Å²) >= 11 is 0. The molecule has 0 radical (unpaired) electrons. The molecule has 0 saturated carbocycles. The molecule has 1 aliphatic heterocycles. The zero-order chi connectivity index (χ0) is 22.3. The van der Waals surface area contributed by atoms with Crippen molar-refractivity contribution in [2.75, 3.05) is 32.8 Å². The van der Waals surface area contributed by atoms with Gasteiger partial charge in [0.05, 0.1) is 25.8 Å². The minimum atomic E-state index is -0.419. The molecule has 32 heavy (non-hydrogen) atoms. The summed E-state index contributed by atoms with van der Waals surface area (Å²) in [6, 6.07) is 19.0. The second-order valence-electron chi connectivity index (χ2n) is 7.77. The van der Waals surface area contributed by atoms with Gasteiger partial charge in [-0.15, -0.1) is 0 Å². The Kier molecular flexibility index (Phi) is 7.09. The first-order valence-electron chi connectivity index (χ1n) is 10.7. The SMILES string of the molecule is O=C(NCC(c1ccc(F)cc1)N1CCOCC1)c1cccn(Cc2ccccc2)c1=O. The van der Waals surface area contributed by atoms with Gasteiger partial charge in [-0.3, -0.25) is 14.5 Å². The summed E-state index contributed by atoms with van der Waals surface area (Å²) in [7, 11) is 0. The van der Waals surface area contributed by atoms with Crippen LogP contribution in [0.4, 0.5) is 4.39 Å². The normalized spacial score (nSPS) is 15.3. The number of carbonyl (C=O) groups is 1. The molecule has 2 aromatic carbocycles. The largest absolute Gasteiger partial charge is 0.379 e. The molecular weight excluding hydrogens is 409 g/mol. The van der Waals surface area contributed by atoms with Gasteiger partial charge in [0, 0.05) is 25.8 Å². The number of morpholine rings is 1. The Morgan fingerprint density at radius 1 is 1.00 bits per heavy atom. The topological polar surface area (TPSA) is 63.6 Å². The van der Waals surface area contributed by atoms with Crippen LogP contribution in [0.2, 0.25) is 0 Å². The number of nitrogens with zero attached hydrogens (tertiary/aromatic N) is 2. The lowest BCUT2D eigenvalue weighted by Crippen LogP contribution is -2.44. The van der Waals surface area contributed by atoms with Crippen molar-refractivity contribution in [3.63, 3.8) is 0 Å². The van der Waals surface area contributed by atoms with Gasteiger partial charge in [-0.2, -0.15) is 0 Å². The van der Waals surface area contributed by atoms with Crippen molar-refractivity contribution in [1.29, 1.82) is 0 Å². The van der Waals surface area contributed by atoms with E-state index in [1.165, 1.54) is 16.7 Å². The lowest BCUT2D eigenvalue weighted by atomic mass is 10.0. The Labute approximate surface area is 186 Å². The van der Waals surface area contributed by atoms with E-state index < -0.39 is 5.91 Å². The monoisotopic (exact) mass is 435 g/mol. The van der Waals surface area contributed by atoms with E-state index in [2.05, 4.69) is 10.2 Å². The molecule has 1 atom stereocenters. The van der Waals surface area contributed by atoms with Crippen molar-refractivity contribution >= 4 is 5.91 Å². The molecule has 3 aromatic rings. The number of hydrogen-bond acceptors (Lipinski definition) is 4. The second kappa shape index (κ2) is 10.3. The molecular formula is C25H26FN3O3. The van der Waals surface area contributed by atoms with Crippen molar-refractivity contribution in [3.05, 3.63) is 106 Å². The summed E-state index contributed by atoms with van der Waals surface area (Å²) in [6.45, 7) is 3.34. The van der Waals surface area contributed by atoms with Crippen LogP contribution in [-0.4, -0.2) is 48.2 Å². The average molecular weight is 435 g/mol. The summed E-state index contributed by atoms with van der Waals surface area (Å²) < 4.78 is 20.4. The fourth-order valence-electron chi connectivity index (χ4n) is 3.93. The van der Waals surface area contributed by atoms with E-state index in [0.717, 1.165) is 11.1 Å². The van der Waals surface area contributed by atoms with E-state index >= 15 is 0 Å². The highest BCUT2D eigenvalue weighted by Crippen LogP contribution is 2.21. The molecule has 166 valence electrons. The summed E-state index contributed by atoms with van der Waals surface area (Å²) in [5.41, 5.74) is 1.65. The van der Waals surface area contributed by atoms with Crippen LogP contribution in [0.25, 0.3) is 0 Å². The van der Waals surface area contributed by atoms with Gasteiger partial charge in [-0.1, -0.05) is 42.5 Å². The lowest BCUT2D eigenvalue weighted by Gasteiger charge is -2.35. The maximum Gasteiger partial charge on any atom is 0.263 e. The standard InChI is InChI=1S/C25H26FN3O3/c26-21-10-8-20(9-11-21)23(28-13-15-32-16-14-28)17-27-24(30)22-7-4-12-29(25(22)31)18-19-5-2-1-3-6-19/h1-12,23H,13-18H2,(H,27,30). The fraction of sp³-hybridized carbons (Fsp3) is 0.280. The van der Waals surface area contributed by atoms with Gasteiger partial charge in [0.25, 0.3) is 11.5 Å². The molecule has 1 unspecified atom stereocenters. The number of nitrogens with one attached hydrogen (secondary N) is 1. The molecule has 1 saturated heterocycles. The zero-order valence-electron chi connectivity index (χ0n) is 17.7. The van der Waals surface area contributed by atoms with E-state index in [1.807, 2.05) is 30.3 Å². The maximum absolute atomic E-state index is 13.4. The van der Waals surface area contributed by atoms with Gasteiger partial charge in [0.2, 0.25) is 0 Å². The smallest absolute Gasteiger partial charge is 0.263 e. The number of carbonyl (C=O) groups excluding carboxylic acids is 1. The predicted octanol–water partition coefficient (Wildman–Crippen LogP) is 2.84. The van der Waals surface area contributed by atoms with Crippen molar-refractivity contribution in [2.24, 2.45) is 0 Å². The Morgan fingerprint density at radius 2 is 1.72 bits per heavy atom. The zero-order valence-corrected chi connectivity index (χ0v) is 17.7. The number of pyridine rings is 1. The van der Waals surface area contributed by atoms with Gasteiger partial charge in [-0.05, 0) is 35.4 Å². The highest BCUT2D eigenvalue weighted by Gasteiger charge is 2.24. The first-order valence-corrected chi connectivity index (χ1v) is 10.7. The third-order valence-electron chi connectivity index (χ3n) is 5.66. The van der Waals surface area contributed by atoms with Crippen molar-refractivity contribution in [1.82, 2.24) is 14.8 Å². The Morgan fingerprint density at radius 3 is 2.44 bits per heavy atom. The third kappa shape index (κ3) is 5.30. The number of ether oxygens (including phenoxy) is 1. The molecule has 2 heterocycles. The van der Waals surface area contributed by atoms with E-state index in [0.29, 0.717) is 39.4 Å². The summed E-state index contributed by atoms with van der Waals surface area (Å²) in [4.78, 5) is 28.0. The minimum absolute atomic E-state index is 0.100. The third-order valence-corrected chi connectivity index (χ3v) is 5.66. The Balaban J connectivity index is 1.50. The predicted molar refractivity (Wildman–Crippen MR) is 120 cm³/mol. The van der Waals surface area contributed by atoms with Crippen molar-refractivity contribution in [2.45, 2.75) is 12.6 Å². The Hall–Kier alpha value is -3.29. The molecule has 1 amide bonds. The van der Waals surface area contributed by atoms with Crippen LogP contribution in [0, 0.1) is 5.82 Å². The van der Waals surface area contributed by atoms with Gasteiger partial charge in [0.1, 0.15) is 11.4 Å².